The van der Waals surface area contributed by atoms with E-state index in [9.17, 15) is 8.42 Å². The predicted molar refractivity (Wildman–Crippen MR) is 86.9 cm³/mol. The van der Waals surface area contributed by atoms with Gasteiger partial charge < -0.3 is 0 Å². The highest BCUT2D eigenvalue weighted by molar-refractivity contribution is 7.90. The Kier molecular flexibility index (Phi) is 4.29. The fourth-order valence-electron chi connectivity index (χ4n) is 3.25. The van der Waals surface area contributed by atoms with Crippen LogP contribution in [0.25, 0.3) is 0 Å². The van der Waals surface area contributed by atoms with Gasteiger partial charge in [-0.2, -0.15) is 10.2 Å². The number of hydrogen-bond donors (Lipinski definition) is 1. The molecule has 0 bridgehead atoms. The minimum absolute atomic E-state index is 0.178. The van der Waals surface area contributed by atoms with E-state index < -0.39 is 9.84 Å². The lowest BCUT2D eigenvalue weighted by molar-refractivity contribution is 0.309. The van der Waals surface area contributed by atoms with Crippen LogP contribution in [0.5, 0.6) is 0 Å². The standard InChI is InChI=1S/C15H23N5O2S/c1-11(2)20-13(4-6-17-20)10-19-7-5-12(9-19)15-14(8-16-18-15)23(3,21)22/h4,6,8,11-12H,5,7,9-10H2,1-3H3,(H,16,18)/t12-/m0/s1. The van der Waals surface area contributed by atoms with Gasteiger partial charge in [-0.15, -0.1) is 0 Å². The van der Waals surface area contributed by atoms with Crippen molar-refractivity contribution in [2.24, 2.45) is 0 Å². The van der Waals surface area contributed by atoms with Crippen molar-refractivity contribution in [3.8, 4) is 0 Å². The summed E-state index contributed by atoms with van der Waals surface area (Å²) in [7, 11) is -3.24. The molecule has 23 heavy (non-hydrogen) atoms. The van der Waals surface area contributed by atoms with Crippen LogP contribution in [0.15, 0.2) is 23.4 Å². The maximum absolute atomic E-state index is 11.8. The molecule has 0 amide bonds. The Morgan fingerprint density at radius 2 is 2.22 bits per heavy atom. The molecule has 126 valence electrons. The second-order valence-corrected chi connectivity index (χ2v) is 8.49. The van der Waals surface area contributed by atoms with E-state index in [2.05, 4.69) is 34.0 Å². The first-order valence-corrected chi connectivity index (χ1v) is 9.73. The highest BCUT2D eigenvalue weighted by Gasteiger charge is 2.30. The molecular weight excluding hydrogens is 314 g/mol. The van der Waals surface area contributed by atoms with Crippen LogP contribution in [0.3, 0.4) is 0 Å². The summed E-state index contributed by atoms with van der Waals surface area (Å²) in [6, 6.07) is 2.38. The Balaban J connectivity index is 1.72. The Bertz CT molecular complexity index is 777. The van der Waals surface area contributed by atoms with E-state index >= 15 is 0 Å². The zero-order valence-corrected chi connectivity index (χ0v) is 14.5. The highest BCUT2D eigenvalue weighted by Crippen LogP contribution is 2.30. The number of sulfone groups is 1. The highest BCUT2D eigenvalue weighted by atomic mass is 32.2. The zero-order chi connectivity index (χ0) is 16.6. The summed E-state index contributed by atoms with van der Waals surface area (Å²) in [6.07, 6.45) is 5.41. The molecule has 1 N–H and O–H groups in total. The topological polar surface area (TPSA) is 83.9 Å². The van der Waals surface area contributed by atoms with Gasteiger partial charge in [0.2, 0.25) is 0 Å². The smallest absolute Gasteiger partial charge is 0.178 e. The van der Waals surface area contributed by atoms with Gasteiger partial charge in [-0.25, -0.2) is 8.42 Å². The maximum Gasteiger partial charge on any atom is 0.178 e. The molecule has 2 aromatic heterocycles. The van der Waals surface area contributed by atoms with Crippen LogP contribution < -0.4 is 0 Å². The molecule has 3 heterocycles. The van der Waals surface area contributed by atoms with Crippen molar-refractivity contribution in [1.82, 2.24) is 24.9 Å². The Hall–Kier alpha value is -1.67. The molecule has 3 rings (SSSR count). The third-order valence-corrected chi connectivity index (χ3v) is 5.46. The van der Waals surface area contributed by atoms with Crippen LogP contribution in [-0.2, 0) is 16.4 Å². The second kappa shape index (κ2) is 6.09. The summed E-state index contributed by atoms with van der Waals surface area (Å²) in [5, 5.41) is 11.2. The van der Waals surface area contributed by atoms with Gasteiger partial charge in [0.05, 0.1) is 17.6 Å². The Morgan fingerprint density at radius 1 is 1.43 bits per heavy atom. The molecule has 0 radical (unpaired) electrons. The number of aromatic nitrogens is 4. The summed E-state index contributed by atoms with van der Waals surface area (Å²) >= 11 is 0. The van der Waals surface area contributed by atoms with Crippen molar-refractivity contribution in [2.75, 3.05) is 19.3 Å². The van der Waals surface area contributed by atoms with Crippen LogP contribution in [0.4, 0.5) is 0 Å². The SMILES string of the molecule is CC(C)n1nccc1CN1CC[C@H](c2[nH]ncc2S(C)(=O)=O)C1. The molecule has 0 unspecified atom stereocenters. The molecule has 1 aliphatic rings. The fraction of sp³-hybridized carbons (Fsp3) is 0.600. The molecule has 0 aromatic carbocycles. The van der Waals surface area contributed by atoms with Gasteiger partial charge in [0.1, 0.15) is 4.90 Å². The van der Waals surface area contributed by atoms with Crippen LogP contribution in [0, 0.1) is 0 Å². The summed E-state index contributed by atoms with van der Waals surface area (Å²) < 4.78 is 25.7. The third kappa shape index (κ3) is 3.32. The molecule has 7 nitrogen and oxygen atoms in total. The normalized spacial score (nSPS) is 19.7. The average Bonchev–Trinajstić information content (AvgIpc) is 3.17. The minimum atomic E-state index is -3.24. The minimum Gasteiger partial charge on any atom is -0.297 e. The second-order valence-electron chi connectivity index (χ2n) is 6.50. The summed E-state index contributed by atoms with van der Waals surface area (Å²) in [5.41, 5.74) is 1.93. The van der Waals surface area contributed by atoms with Gasteiger partial charge in [0, 0.05) is 37.5 Å². The lowest BCUT2D eigenvalue weighted by atomic mass is 10.1. The Morgan fingerprint density at radius 3 is 2.91 bits per heavy atom. The molecule has 1 atom stereocenters. The molecule has 8 heteroatoms. The summed E-state index contributed by atoms with van der Waals surface area (Å²) in [6.45, 7) is 6.83. The summed E-state index contributed by atoms with van der Waals surface area (Å²) in [5.74, 6) is 0.178. The monoisotopic (exact) mass is 337 g/mol. The lowest BCUT2D eigenvalue weighted by Gasteiger charge is -2.18. The van der Waals surface area contributed by atoms with Crippen molar-refractivity contribution in [3.63, 3.8) is 0 Å². The lowest BCUT2D eigenvalue weighted by Crippen LogP contribution is -2.22. The molecule has 0 spiro atoms. The number of H-pyrrole nitrogens is 1. The average molecular weight is 337 g/mol. The van der Waals surface area contributed by atoms with Crippen LogP contribution in [0.1, 0.15) is 43.6 Å². The molecule has 1 fully saturated rings. The molecular formula is C15H23N5O2S. The van der Waals surface area contributed by atoms with Crippen LogP contribution >= 0.6 is 0 Å². The van der Waals surface area contributed by atoms with Crippen LogP contribution in [0.2, 0.25) is 0 Å². The number of aromatic amines is 1. The van der Waals surface area contributed by atoms with Gasteiger partial charge in [0.25, 0.3) is 0 Å². The third-order valence-electron chi connectivity index (χ3n) is 4.34. The van der Waals surface area contributed by atoms with Gasteiger partial charge in [0.15, 0.2) is 9.84 Å². The van der Waals surface area contributed by atoms with E-state index in [4.69, 9.17) is 0 Å². The first-order chi connectivity index (χ1) is 10.9. The molecule has 1 saturated heterocycles. The largest absolute Gasteiger partial charge is 0.297 e. The van der Waals surface area contributed by atoms with Crippen molar-refractivity contribution < 1.29 is 8.42 Å². The number of nitrogens with zero attached hydrogens (tertiary/aromatic N) is 4. The van der Waals surface area contributed by atoms with Crippen LogP contribution in [-0.4, -0.2) is 52.6 Å². The molecule has 2 aromatic rings. The van der Waals surface area contributed by atoms with Crippen molar-refractivity contribution in [2.45, 2.75) is 43.7 Å². The predicted octanol–water partition coefficient (Wildman–Crippen LogP) is 1.58. The maximum atomic E-state index is 11.8. The van der Waals surface area contributed by atoms with E-state index in [1.807, 2.05) is 16.9 Å². The zero-order valence-electron chi connectivity index (χ0n) is 13.7. The van der Waals surface area contributed by atoms with E-state index in [-0.39, 0.29) is 5.92 Å². The van der Waals surface area contributed by atoms with Gasteiger partial charge >= 0.3 is 0 Å². The fourth-order valence-corrected chi connectivity index (χ4v) is 4.10. The van der Waals surface area contributed by atoms with E-state index in [1.165, 1.54) is 18.1 Å². The number of hydrogen-bond acceptors (Lipinski definition) is 5. The number of likely N-dealkylation sites (tertiary alicyclic amines) is 1. The van der Waals surface area contributed by atoms with Crippen molar-refractivity contribution in [3.05, 3.63) is 29.8 Å². The molecule has 0 saturated carbocycles. The summed E-state index contributed by atoms with van der Waals surface area (Å²) in [4.78, 5) is 2.67. The van der Waals surface area contributed by atoms with Gasteiger partial charge in [-0.3, -0.25) is 14.7 Å². The van der Waals surface area contributed by atoms with Gasteiger partial charge in [-0.05, 0) is 32.9 Å². The quantitative estimate of drug-likeness (QED) is 0.895. The van der Waals surface area contributed by atoms with Crippen molar-refractivity contribution >= 4 is 9.84 Å². The van der Waals surface area contributed by atoms with Crippen molar-refractivity contribution in [1.29, 1.82) is 0 Å². The first-order valence-electron chi connectivity index (χ1n) is 7.84. The Labute approximate surface area is 136 Å². The first kappa shape index (κ1) is 16.2. The number of rotatable bonds is 5. The van der Waals surface area contributed by atoms with E-state index in [0.29, 0.717) is 10.9 Å². The molecule has 1 aliphatic heterocycles. The van der Waals surface area contributed by atoms with Gasteiger partial charge in [-0.1, -0.05) is 0 Å². The number of nitrogens with one attached hydrogen (secondary N) is 1. The molecule has 0 aliphatic carbocycles. The van der Waals surface area contributed by atoms with E-state index in [1.54, 1.807) is 0 Å². The van der Waals surface area contributed by atoms with E-state index in [0.717, 1.165) is 31.7 Å².